The number of hydrogen-bond acceptors (Lipinski definition) is 4. The molecule has 2 N–H and O–H groups in total. The second-order valence-electron chi connectivity index (χ2n) is 3.50. The summed E-state index contributed by atoms with van der Waals surface area (Å²) in [7, 11) is 0. The van der Waals surface area contributed by atoms with Crippen molar-refractivity contribution in [3.8, 4) is 11.5 Å². The van der Waals surface area contributed by atoms with E-state index in [1.54, 1.807) is 6.07 Å². The lowest BCUT2D eigenvalue weighted by atomic mass is 9.99. The molecule has 0 amide bonds. The van der Waals surface area contributed by atoms with Crippen molar-refractivity contribution in [2.45, 2.75) is 19.4 Å². The highest BCUT2D eigenvalue weighted by atomic mass is 16.7. The van der Waals surface area contributed by atoms with E-state index in [4.69, 9.17) is 14.6 Å². The lowest BCUT2D eigenvalue weighted by Crippen LogP contribution is -2.12. The van der Waals surface area contributed by atoms with Gasteiger partial charge in [0.15, 0.2) is 17.6 Å². The molecule has 0 aromatic heterocycles. The summed E-state index contributed by atoms with van der Waals surface area (Å²) >= 11 is 0. The Morgan fingerprint density at radius 2 is 2.06 bits per heavy atom. The van der Waals surface area contributed by atoms with Crippen LogP contribution in [0.1, 0.15) is 24.2 Å². The minimum Gasteiger partial charge on any atom is -0.479 e. The van der Waals surface area contributed by atoms with E-state index < -0.39 is 12.1 Å². The topological polar surface area (TPSA) is 76.0 Å². The number of carboxylic acids is 1. The van der Waals surface area contributed by atoms with Crippen LogP contribution < -0.4 is 9.47 Å². The first-order valence-corrected chi connectivity index (χ1v) is 4.96. The number of ether oxygens (including phenoxy) is 2. The molecule has 0 bridgehead atoms. The van der Waals surface area contributed by atoms with Crippen LogP contribution in [0.3, 0.4) is 0 Å². The number of aryl methyl sites for hydroxylation is 1. The van der Waals surface area contributed by atoms with Crippen LogP contribution in [0.15, 0.2) is 12.1 Å². The van der Waals surface area contributed by atoms with E-state index >= 15 is 0 Å². The number of fused-ring (bicyclic) bond motifs is 1. The summed E-state index contributed by atoms with van der Waals surface area (Å²) in [4.78, 5) is 10.7. The van der Waals surface area contributed by atoms with Crippen LogP contribution in [0.25, 0.3) is 0 Å². The first kappa shape index (κ1) is 10.8. The molecule has 2 rings (SSSR count). The zero-order chi connectivity index (χ0) is 11.7. The molecule has 1 aromatic carbocycles. The summed E-state index contributed by atoms with van der Waals surface area (Å²) in [6, 6.07) is 3.24. The van der Waals surface area contributed by atoms with E-state index in [9.17, 15) is 9.90 Å². The van der Waals surface area contributed by atoms with E-state index in [2.05, 4.69) is 0 Å². The third-order valence-corrected chi connectivity index (χ3v) is 2.54. The predicted molar refractivity (Wildman–Crippen MR) is 54.5 cm³/mol. The van der Waals surface area contributed by atoms with Crippen molar-refractivity contribution in [2.75, 3.05) is 6.79 Å². The number of aliphatic hydroxyl groups is 1. The van der Waals surface area contributed by atoms with Crippen molar-refractivity contribution < 1.29 is 24.5 Å². The molecule has 1 aliphatic rings. The summed E-state index contributed by atoms with van der Waals surface area (Å²) in [5.74, 6) is -0.195. The normalized spacial score (nSPS) is 14.9. The van der Waals surface area contributed by atoms with E-state index in [1.165, 1.54) is 6.07 Å². The number of aliphatic hydroxyl groups excluding tert-OH is 1. The van der Waals surface area contributed by atoms with Crippen LogP contribution in [-0.2, 0) is 11.2 Å². The maximum Gasteiger partial charge on any atom is 0.337 e. The maximum atomic E-state index is 10.7. The Kier molecular flexibility index (Phi) is 2.70. The van der Waals surface area contributed by atoms with Crippen LogP contribution in [0.5, 0.6) is 11.5 Å². The van der Waals surface area contributed by atoms with Gasteiger partial charge in [-0.15, -0.1) is 0 Å². The zero-order valence-corrected chi connectivity index (χ0v) is 8.77. The lowest BCUT2D eigenvalue weighted by Gasteiger charge is -2.12. The summed E-state index contributed by atoms with van der Waals surface area (Å²) in [6.45, 7) is 2.01. The molecule has 16 heavy (non-hydrogen) atoms. The van der Waals surface area contributed by atoms with Crippen molar-refractivity contribution >= 4 is 5.97 Å². The highest BCUT2D eigenvalue weighted by molar-refractivity contribution is 5.75. The van der Waals surface area contributed by atoms with Crippen LogP contribution in [0, 0.1) is 0 Å². The molecule has 1 heterocycles. The fourth-order valence-electron chi connectivity index (χ4n) is 1.69. The monoisotopic (exact) mass is 224 g/mol. The van der Waals surface area contributed by atoms with Gasteiger partial charge in [0.1, 0.15) is 0 Å². The molecule has 0 fully saturated rings. The van der Waals surface area contributed by atoms with E-state index in [1.807, 2.05) is 6.92 Å². The van der Waals surface area contributed by atoms with Crippen molar-refractivity contribution in [2.24, 2.45) is 0 Å². The largest absolute Gasteiger partial charge is 0.479 e. The summed E-state index contributed by atoms with van der Waals surface area (Å²) in [5, 5.41) is 18.3. The average molecular weight is 224 g/mol. The van der Waals surface area contributed by atoms with Crippen LogP contribution in [-0.4, -0.2) is 23.0 Å². The number of benzene rings is 1. The van der Waals surface area contributed by atoms with Crippen molar-refractivity contribution in [1.29, 1.82) is 0 Å². The fraction of sp³-hybridized carbons (Fsp3) is 0.364. The van der Waals surface area contributed by atoms with Crippen LogP contribution in [0.4, 0.5) is 0 Å². The van der Waals surface area contributed by atoms with E-state index in [-0.39, 0.29) is 6.79 Å². The zero-order valence-electron chi connectivity index (χ0n) is 8.77. The Balaban J connectivity index is 2.47. The average Bonchev–Trinajstić information content (AvgIpc) is 2.72. The Morgan fingerprint density at radius 1 is 1.44 bits per heavy atom. The molecule has 0 saturated heterocycles. The third-order valence-electron chi connectivity index (χ3n) is 2.54. The van der Waals surface area contributed by atoms with Gasteiger partial charge in [-0.05, 0) is 29.7 Å². The first-order chi connectivity index (χ1) is 7.63. The van der Waals surface area contributed by atoms with Gasteiger partial charge in [-0.25, -0.2) is 4.79 Å². The highest BCUT2D eigenvalue weighted by Gasteiger charge is 2.23. The number of rotatable bonds is 3. The van der Waals surface area contributed by atoms with Gasteiger partial charge < -0.3 is 19.7 Å². The van der Waals surface area contributed by atoms with Crippen molar-refractivity contribution in [3.05, 3.63) is 23.3 Å². The third kappa shape index (κ3) is 1.69. The van der Waals surface area contributed by atoms with Crippen molar-refractivity contribution in [1.82, 2.24) is 0 Å². The molecule has 5 heteroatoms. The summed E-state index contributed by atoms with van der Waals surface area (Å²) < 4.78 is 10.3. The maximum absolute atomic E-state index is 10.7. The number of carboxylic acid groups (broad SMARTS) is 1. The van der Waals surface area contributed by atoms with Gasteiger partial charge >= 0.3 is 5.97 Å². The van der Waals surface area contributed by atoms with Crippen LogP contribution in [0.2, 0.25) is 0 Å². The van der Waals surface area contributed by atoms with Gasteiger partial charge in [0.25, 0.3) is 0 Å². The Hall–Kier alpha value is -1.75. The second kappa shape index (κ2) is 4.02. The molecule has 1 aromatic rings. The molecular formula is C11H12O5. The Labute approximate surface area is 92.2 Å². The van der Waals surface area contributed by atoms with Gasteiger partial charge in [0.05, 0.1) is 0 Å². The molecule has 0 aliphatic carbocycles. The van der Waals surface area contributed by atoms with Gasteiger partial charge in [-0.1, -0.05) is 6.92 Å². The SMILES string of the molecule is CCc1cc2c(cc1C(O)C(=O)O)OCO2. The molecule has 0 saturated carbocycles. The summed E-state index contributed by atoms with van der Waals surface area (Å²) in [5.41, 5.74) is 1.11. The standard InChI is InChI=1S/C11H12O5/c1-2-6-3-8-9(16-5-15-8)4-7(6)10(12)11(13)14/h3-4,10,12H,2,5H2,1H3,(H,13,14). The predicted octanol–water partition coefficient (Wildman–Crippen LogP) is 1.10. The highest BCUT2D eigenvalue weighted by Crippen LogP contribution is 2.37. The number of aliphatic carboxylic acids is 1. The van der Waals surface area contributed by atoms with Gasteiger partial charge in [0, 0.05) is 0 Å². The molecule has 1 atom stereocenters. The minimum atomic E-state index is -1.52. The molecule has 86 valence electrons. The fourth-order valence-corrected chi connectivity index (χ4v) is 1.69. The molecule has 5 nitrogen and oxygen atoms in total. The van der Waals surface area contributed by atoms with Crippen LogP contribution >= 0.6 is 0 Å². The van der Waals surface area contributed by atoms with E-state index in [0.717, 1.165) is 5.56 Å². The van der Waals surface area contributed by atoms with Gasteiger partial charge in [-0.3, -0.25) is 0 Å². The van der Waals surface area contributed by atoms with Gasteiger partial charge in [0.2, 0.25) is 6.79 Å². The smallest absolute Gasteiger partial charge is 0.337 e. The van der Waals surface area contributed by atoms with E-state index in [0.29, 0.717) is 23.5 Å². The number of carbonyl (C=O) groups is 1. The molecule has 0 radical (unpaired) electrons. The molecule has 0 spiro atoms. The Bertz CT molecular complexity index is 427. The summed E-state index contributed by atoms with van der Waals surface area (Å²) in [6.07, 6.45) is -0.902. The first-order valence-electron chi connectivity index (χ1n) is 4.96. The van der Waals surface area contributed by atoms with Gasteiger partial charge in [-0.2, -0.15) is 0 Å². The van der Waals surface area contributed by atoms with Crippen molar-refractivity contribution in [3.63, 3.8) is 0 Å². The Morgan fingerprint density at radius 3 is 2.62 bits per heavy atom. The lowest BCUT2D eigenvalue weighted by molar-refractivity contribution is -0.147. The molecular weight excluding hydrogens is 212 g/mol. The number of hydrogen-bond donors (Lipinski definition) is 2. The quantitative estimate of drug-likeness (QED) is 0.803. The minimum absolute atomic E-state index is 0.130. The second-order valence-corrected chi connectivity index (χ2v) is 3.50. The molecule has 1 aliphatic heterocycles. The molecule has 1 unspecified atom stereocenters.